The van der Waals surface area contributed by atoms with E-state index in [1.165, 1.54) is 13.2 Å². The van der Waals surface area contributed by atoms with Crippen LogP contribution in [0.1, 0.15) is 46.1 Å². The molecular formula is C29H31ClN8O5S. The van der Waals surface area contributed by atoms with Crippen molar-refractivity contribution in [3.8, 4) is 6.01 Å². The van der Waals surface area contributed by atoms with Gasteiger partial charge in [-0.05, 0) is 60.9 Å². The molecule has 1 aromatic carbocycles. The van der Waals surface area contributed by atoms with Crippen LogP contribution in [0, 0.1) is 18.8 Å². The molecule has 6 rings (SSSR count). The number of sulfonamides is 1. The third kappa shape index (κ3) is 5.54. The first-order valence-corrected chi connectivity index (χ1v) is 16.2. The average molecular weight is 639 g/mol. The molecule has 0 radical (unpaired) electrons. The Balaban J connectivity index is 1.31. The second-order valence-electron chi connectivity index (χ2n) is 11.4. The molecule has 1 saturated carbocycles. The first kappa shape index (κ1) is 29.8. The fraction of sp³-hybridized carbons (Fsp3) is 0.379. The van der Waals surface area contributed by atoms with Crippen LogP contribution < -0.4 is 25.2 Å². The number of ether oxygens (including phenoxy) is 1. The van der Waals surface area contributed by atoms with E-state index in [4.69, 9.17) is 21.3 Å². The molecule has 2 fully saturated rings. The van der Waals surface area contributed by atoms with E-state index < -0.39 is 22.0 Å². The number of piperidine rings is 1. The molecular weight excluding hydrogens is 608 g/mol. The number of methoxy groups -OCH3 is 1. The number of halogens is 1. The van der Waals surface area contributed by atoms with Crippen molar-refractivity contribution in [1.82, 2.24) is 29.2 Å². The van der Waals surface area contributed by atoms with Crippen LogP contribution in [-0.2, 0) is 17.1 Å². The third-order valence-corrected chi connectivity index (χ3v) is 8.98. The maximum absolute atomic E-state index is 13.7. The summed E-state index contributed by atoms with van der Waals surface area (Å²) in [7, 11) is -0.562. The lowest BCUT2D eigenvalue weighted by atomic mass is 10.0. The van der Waals surface area contributed by atoms with Gasteiger partial charge in [-0.2, -0.15) is 0 Å². The fourth-order valence-corrected chi connectivity index (χ4v) is 6.78. The number of hydrogen-bond donors (Lipinski definition) is 2. The number of benzene rings is 1. The van der Waals surface area contributed by atoms with Crippen molar-refractivity contribution in [2.24, 2.45) is 18.9 Å². The van der Waals surface area contributed by atoms with Gasteiger partial charge in [-0.25, -0.2) is 33.1 Å². The number of nitrogens with zero attached hydrogens (tertiary/aromatic N) is 6. The van der Waals surface area contributed by atoms with Crippen LogP contribution in [0.4, 0.5) is 11.6 Å². The maximum atomic E-state index is 13.7. The van der Waals surface area contributed by atoms with E-state index in [0.717, 1.165) is 36.0 Å². The van der Waals surface area contributed by atoms with Crippen LogP contribution in [0.3, 0.4) is 0 Å². The topological polar surface area (TPSA) is 161 Å². The van der Waals surface area contributed by atoms with Crippen LogP contribution in [0.15, 0.2) is 41.5 Å². The van der Waals surface area contributed by atoms with Crippen molar-refractivity contribution in [2.45, 2.75) is 25.8 Å². The second-order valence-corrected chi connectivity index (χ2v) is 13.5. The summed E-state index contributed by atoms with van der Waals surface area (Å²) in [5, 5.41) is 3.75. The quantitative estimate of drug-likeness (QED) is 0.273. The number of rotatable bonds is 8. The minimum atomic E-state index is -3.83. The number of aromatic nitrogens is 5. The predicted molar refractivity (Wildman–Crippen MR) is 166 cm³/mol. The number of aryl methyl sites for hydroxylation is 1. The van der Waals surface area contributed by atoms with Crippen molar-refractivity contribution in [3.63, 3.8) is 0 Å². The second kappa shape index (κ2) is 11.0. The molecule has 44 heavy (non-hydrogen) atoms. The Kier molecular flexibility index (Phi) is 7.44. The van der Waals surface area contributed by atoms with Crippen LogP contribution in [0.2, 0.25) is 5.15 Å². The van der Waals surface area contributed by atoms with E-state index in [9.17, 15) is 18.0 Å². The summed E-state index contributed by atoms with van der Waals surface area (Å²) in [5.41, 5.74) is 3.16. The Morgan fingerprint density at radius 3 is 2.45 bits per heavy atom. The molecule has 0 bridgehead atoms. The number of fused-ring (bicyclic) bond motifs is 2. The van der Waals surface area contributed by atoms with Gasteiger partial charge in [0.1, 0.15) is 5.15 Å². The summed E-state index contributed by atoms with van der Waals surface area (Å²) in [6.45, 7) is 5.26. The zero-order valence-corrected chi connectivity index (χ0v) is 26.3. The molecule has 2 N–H and O–H groups in total. The molecule has 4 atom stereocenters. The molecule has 0 spiro atoms. The summed E-state index contributed by atoms with van der Waals surface area (Å²) >= 11 is 6.03. The Labute approximate surface area is 258 Å². The molecule has 4 heterocycles. The molecule has 2 aliphatic rings. The van der Waals surface area contributed by atoms with Gasteiger partial charge >= 0.3 is 6.01 Å². The average Bonchev–Trinajstić information content (AvgIpc) is 3.47. The highest BCUT2D eigenvalue weighted by molar-refractivity contribution is 7.89. The lowest BCUT2D eigenvalue weighted by molar-refractivity contribution is 0.0977. The highest BCUT2D eigenvalue weighted by Gasteiger charge is 2.57. The molecule has 13 nitrogen and oxygen atoms in total. The van der Waals surface area contributed by atoms with Gasteiger partial charge in [0.2, 0.25) is 16.0 Å². The largest absolute Gasteiger partial charge is 0.467 e. The fourth-order valence-electron chi connectivity index (χ4n) is 6.19. The highest BCUT2D eigenvalue weighted by atomic mass is 35.5. The van der Waals surface area contributed by atoms with Gasteiger partial charge in [0.25, 0.3) is 11.5 Å². The van der Waals surface area contributed by atoms with E-state index in [0.29, 0.717) is 40.6 Å². The zero-order valence-electron chi connectivity index (χ0n) is 24.7. The molecule has 1 saturated heterocycles. The first-order chi connectivity index (χ1) is 20.8. The van der Waals surface area contributed by atoms with Crippen LogP contribution in [0.25, 0.3) is 10.9 Å². The van der Waals surface area contributed by atoms with Gasteiger partial charge in [0.05, 0.1) is 36.0 Å². The molecule has 230 valence electrons. The van der Waals surface area contributed by atoms with Crippen LogP contribution >= 0.6 is 11.6 Å². The molecule has 1 amide bonds. The van der Waals surface area contributed by atoms with Crippen molar-refractivity contribution in [3.05, 3.63) is 74.6 Å². The number of carbonyl (C=O) groups excluding carboxylic acids is 1. The number of pyridine rings is 1. The smallest absolute Gasteiger partial charge is 0.316 e. The molecule has 1 aliphatic heterocycles. The minimum Gasteiger partial charge on any atom is -0.467 e. The highest BCUT2D eigenvalue weighted by Crippen LogP contribution is 2.58. The normalized spacial score (nSPS) is 19.9. The molecule has 4 aromatic rings. The lowest BCUT2D eigenvalue weighted by Gasteiger charge is -2.25. The zero-order chi connectivity index (χ0) is 31.5. The minimum absolute atomic E-state index is 0.0306. The maximum Gasteiger partial charge on any atom is 0.316 e. The number of anilines is 2. The Hall–Kier alpha value is -4.30. The monoisotopic (exact) mass is 638 g/mol. The van der Waals surface area contributed by atoms with E-state index in [2.05, 4.69) is 25.2 Å². The standard InChI is InChI=1S/C29H31ClN8O5S/c1-14-8-17(15(2)33-21-6-7-22(30)34-25(21)26(39)36-44(5,41)42)24-18(9-14)27(40)37(3)29(35-24)38-12-19-20(13-38)23(19)16-10-31-28(43-4)32-11-16/h6-11,15,19-20,23,33H,12-13H2,1-5H3,(H,36,39)/t15-,19-,20+,23?/m1/s1. The summed E-state index contributed by atoms with van der Waals surface area (Å²) < 4.78 is 32.0. The van der Waals surface area contributed by atoms with Gasteiger partial charge in [0.15, 0.2) is 5.69 Å². The Morgan fingerprint density at radius 2 is 1.82 bits per heavy atom. The number of carbonyl (C=O) groups is 1. The van der Waals surface area contributed by atoms with Gasteiger partial charge in [-0.3, -0.25) is 14.2 Å². The van der Waals surface area contributed by atoms with Crippen molar-refractivity contribution < 1.29 is 17.9 Å². The Bertz CT molecular complexity index is 1960. The van der Waals surface area contributed by atoms with Gasteiger partial charge < -0.3 is 15.0 Å². The molecule has 15 heteroatoms. The third-order valence-electron chi connectivity index (χ3n) is 8.22. The van der Waals surface area contributed by atoms with Gasteiger partial charge in [0, 0.05) is 38.1 Å². The van der Waals surface area contributed by atoms with Gasteiger partial charge in [-0.1, -0.05) is 17.7 Å². The van der Waals surface area contributed by atoms with Crippen LogP contribution in [-0.4, -0.2) is 65.3 Å². The summed E-state index contributed by atoms with van der Waals surface area (Å²) in [4.78, 5) is 46.1. The van der Waals surface area contributed by atoms with E-state index in [-0.39, 0.29) is 22.1 Å². The van der Waals surface area contributed by atoms with E-state index in [1.807, 2.05) is 43.1 Å². The Morgan fingerprint density at radius 1 is 1.14 bits per heavy atom. The first-order valence-electron chi connectivity index (χ1n) is 13.9. The van der Waals surface area contributed by atoms with E-state index >= 15 is 0 Å². The summed E-state index contributed by atoms with van der Waals surface area (Å²) in [6.07, 6.45) is 4.52. The SMILES string of the molecule is COc1ncc(C2[C@H]3CN(c4nc5c([C@@H](C)Nc6ccc(Cl)nc6C(=O)NS(C)(=O)=O)cc(C)cc5c(=O)n4C)C[C@@H]23)cn1. The number of amides is 1. The molecule has 3 aromatic heterocycles. The van der Waals surface area contributed by atoms with Crippen LogP contribution in [0.5, 0.6) is 6.01 Å². The number of hydrogen-bond acceptors (Lipinski definition) is 11. The van der Waals surface area contributed by atoms with Crippen molar-refractivity contribution in [2.75, 3.05) is 36.7 Å². The van der Waals surface area contributed by atoms with E-state index in [1.54, 1.807) is 17.7 Å². The van der Waals surface area contributed by atoms with Crippen molar-refractivity contribution in [1.29, 1.82) is 0 Å². The van der Waals surface area contributed by atoms with Crippen molar-refractivity contribution >= 4 is 50.1 Å². The summed E-state index contributed by atoms with van der Waals surface area (Å²) in [5.74, 6) is 0.843. The predicted octanol–water partition coefficient (Wildman–Crippen LogP) is 2.80. The number of nitrogens with one attached hydrogen (secondary N) is 2. The lowest BCUT2D eigenvalue weighted by Crippen LogP contribution is -2.32. The van der Waals surface area contributed by atoms with Gasteiger partial charge in [-0.15, -0.1) is 0 Å². The summed E-state index contributed by atoms with van der Waals surface area (Å²) in [6, 6.07) is 6.70. The molecule has 1 aliphatic carbocycles. The molecule has 1 unspecified atom stereocenters.